The van der Waals surface area contributed by atoms with Gasteiger partial charge >= 0.3 is 0 Å². The molecule has 0 aromatic heterocycles. The molecule has 1 aliphatic rings. The van der Waals surface area contributed by atoms with Crippen LogP contribution >= 0.6 is 0 Å². The van der Waals surface area contributed by atoms with E-state index in [4.69, 9.17) is 4.74 Å². The van der Waals surface area contributed by atoms with Crippen molar-refractivity contribution < 1.29 is 4.74 Å². The second kappa shape index (κ2) is 10.8. The summed E-state index contributed by atoms with van der Waals surface area (Å²) in [6.45, 7) is 7.21. The van der Waals surface area contributed by atoms with Crippen LogP contribution in [0, 0.1) is 5.92 Å². The zero-order valence-electron chi connectivity index (χ0n) is 12.6. The standard InChI is InChI=1S/C16H33NO/c1-3-4-5-6-7-8-12-17-13-9-16(10-14-17)11-15-18-2/h16H,3-15H2,1-2H3. The van der Waals surface area contributed by atoms with Crippen LogP contribution in [0.5, 0.6) is 0 Å². The third-order valence-corrected chi connectivity index (χ3v) is 4.27. The fourth-order valence-corrected chi connectivity index (χ4v) is 2.90. The Morgan fingerprint density at radius 1 is 1.00 bits per heavy atom. The summed E-state index contributed by atoms with van der Waals surface area (Å²) in [7, 11) is 1.81. The van der Waals surface area contributed by atoms with Gasteiger partial charge in [-0.05, 0) is 51.2 Å². The van der Waals surface area contributed by atoms with Crippen LogP contribution in [0.1, 0.15) is 64.7 Å². The maximum absolute atomic E-state index is 5.17. The molecule has 2 nitrogen and oxygen atoms in total. The summed E-state index contributed by atoms with van der Waals surface area (Å²) in [5.41, 5.74) is 0. The van der Waals surface area contributed by atoms with E-state index in [2.05, 4.69) is 11.8 Å². The summed E-state index contributed by atoms with van der Waals surface area (Å²) in [5, 5.41) is 0. The first-order valence-electron chi connectivity index (χ1n) is 8.08. The smallest absolute Gasteiger partial charge is 0.0464 e. The van der Waals surface area contributed by atoms with Gasteiger partial charge in [-0.1, -0.05) is 39.0 Å². The number of likely N-dealkylation sites (tertiary alicyclic amines) is 1. The van der Waals surface area contributed by atoms with Crippen LogP contribution in [-0.4, -0.2) is 38.3 Å². The molecule has 0 aliphatic carbocycles. The van der Waals surface area contributed by atoms with Crippen LogP contribution in [0.3, 0.4) is 0 Å². The van der Waals surface area contributed by atoms with Crippen molar-refractivity contribution in [3.8, 4) is 0 Å². The van der Waals surface area contributed by atoms with Gasteiger partial charge in [-0.25, -0.2) is 0 Å². The molecule has 0 radical (unpaired) electrons. The maximum Gasteiger partial charge on any atom is 0.0464 e. The molecule has 0 aromatic carbocycles. The summed E-state index contributed by atoms with van der Waals surface area (Å²) in [5.74, 6) is 0.922. The van der Waals surface area contributed by atoms with Crippen LogP contribution in [0.25, 0.3) is 0 Å². The number of ether oxygens (including phenoxy) is 1. The highest BCUT2D eigenvalue weighted by Crippen LogP contribution is 2.20. The number of unbranched alkanes of at least 4 members (excludes halogenated alkanes) is 5. The molecule has 108 valence electrons. The average Bonchev–Trinajstić information content (AvgIpc) is 2.42. The molecule has 1 heterocycles. The largest absolute Gasteiger partial charge is 0.385 e. The van der Waals surface area contributed by atoms with Gasteiger partial charge in [-0.15, -0.1) is 0 Å². The Kier molecular flexibility index (Phi) is 9.59. The molecule has 1 saturated heterocycles. The Morgan fingerprint density at radius 3 is 2.33 bits per heavy atom. The van der Waals surface area contributed by atoms with E-state index in [0.29, 0.717) is 0 Å². The quantitative estimate of drug-likeness (QED) is 0.545. The fourth-order valence-electron chi connectivity index (χ4n) is 2.90. The first-order chi connectivity index (χ1) is 8.86. The van der Waals surface area contributed by atoms with Gasteiger partial charge in [0, 0.05) is 13.7 Å². The van der Waals surface area contributed by atoms with Crippen molar-refractivity contribution in [1.82, 2.24) is 4.90 Å². The molecule has 0 N–H and O–H groups in total. The molecule has 0 aromatic rings. The topological polar surface area (TPSA) is 12.5 Å². The Hall–Kier alpha value is -0.0800. The molecule has 0 saturated carbocycles. The fraction of sp³-hybridized carbons (Fsp3) is 1.00. The molecule has 0 atom stereocenters. The van der Waals surface area contributed by atoms with Gasteiger partial charge in [0.1, 0.15) is 0 Å². The first-order valence-corrected chi connectivity index (χ1v) is 8.08. The van der Waals surface area contributed by atoms with Crippen LogP contribution in [-0.2, 0) is 4.74 Å². The van der Waals surface area contributed by atoms with Crippen molar-refractivity contribution in [3.05, 3.63) is 0 Å². The average molecular weight is 255 g/mol. The molecule has 0 bridgehead atoms. The molecule has 1 rings (SSSR count). The molecule has 0 spiro atoms. The SMILES string of the molecule is CCCCCCCCN1CCC(CCOC)CC1. The zero-order chi connectivity index (χ0) is 13.1. The molecular formula is C16H33NO. The van der Waals surface area contributed by atoms with E-state index in [1.54, 1.807) is 0 Å². The molecule has 2 heteroatoms. The van der Waals surface area contributed by atoms with Crippen LogP contribution < -0.4 is 0 Å². The number of nitrogens with zero attached hydrogens (tertiary/aromatic N) is 1. The number of rotatable bonds is 10. The Morgan fingerprint density at radius 2 is 1.67 bits per heavy atom. The van der Waals surface area contributed by atoms with Crippen LogP contribution in [0.15, 0.2) is 0 Å². The first kappa shape index (κ1) is 16.0. The molecule has 0 amide bonds. The minimum atomic E-state index is 0.922. The van der Waals surface area contributed by atoms with Crippen LogP contribution in [0.4, 0.5) is 0 Å². The third kappa shape index (κ3) is 7.38. The summed E-state index contributed by atoms with van der Waals surface area (Å²) >= 11 is 0. The number of piperidine rings is 1. The van der Waals surface area contributed by atoms with Gasteiger partial charge in [0.25, 0.3) is 0 Å². The van der Waals surface area contributed by atoms with Gasteiger partial charge in [0.2, 0.25) is 0 Å². The molecule has 0 unspecified atom stereocenters. The minimum absolute atomic E-state index is 0.922. The highest BCUT2D eigenvalue weighted by molar-refractivity contribution is 4.72. The highest BCUT2D eigenvalue weighted by atomic mass is 16.5. The molecule has 18 heavy (non-hydrogen) atoms. The molecular weight excluding hydrogens is 222 g/mol. The Balaban J connectivity index is 1.92. The molecule has 1 fully saturated rings. The summed E-state index contributed by atoms with van der Waals surface area (Å²) < 4.78 is 5.17. The van der Waals surface area contributed by atoms with E-state index in [1.807, 2.05) is 7.11 Å². The summed E-state index contributed by atoms with van der Waals surface area (Å²) in [6.07, 6.45) is 12.5. The number of methoxy groups -OCH3 is 1. The lowest BCUT2D eigenvalue weighted by Crippen LogP contribution is -2.34. The van der Waals surface area contributed by atoms with E-state index in [0.717, 1.165) is 12.5 Å². The van der Waals surface area contributed by atoms with E-state index in [1.165, 1.54) is 77.4 Å². The van der Waals surface area contributed by atoms with Gasteiger partial charge < -0.3 is 9.64 Å². The van der Waals surface area contributed by atoms with Crippen molar-refractivity contribution in [1.29, 1.82) is 0 Å². The van der Waals surface area contributed by atoms with Crippen molar-refractivity contribution in [2.24, 2.45) is 5.92 Å². The lowest BCUT2D eigenvalue weighted by atomic mass is 9.94. The van der Waals surface area contributed by atoms with Gasteiger partial charge in [-0.3, -0.25) is 0 Å². The zero-order valence-corrected chi connectivity index (χ0v) is 12.6. The summed E-state index contributed by atoms with van der Waals surface area (Å²) in [4.78, 5) is 2.67. The molecule has 1 aliphatic heterocycles. The van der Waals surface area contributed by atoms with Crippen LogP contribution in [0.2, 0.25) is 0 Å². The lowest BCUT2D eigenvalue weighted by Gasteiger charge is -2.31. The monoisotopic (exact) mass is 255 g/mol. The maximum atomic E-state index is 5.17. The van der Waals surface area contributed by atoms with E-state index >= 15 is 0 Å². The Bertz CT molecular complexity index is 176. The second-order valence-corrected chi connectivity index (χ2v) is 5.83. The lowest BCUT2D eigenvalue weighted by molar-refractivity contribution is 0.134. The minimum Gasteiger partial charge on any atom is -0.385 e. The predicted octanol–water partition coefficient (Wildman–Crippen LogP) is 4.10. The normalized spacial score (nSPS) is 18.3. The van der Waals surface area contributed by atoms with E-state index in [-0.39, 0.29) is 0 Å². The van der Waals surface area contributed by atoms with E-state index < -0.39 is 0 Å². The van der Waals surface area contributed by atoms with Gasteiger partial charge in [0.05, 0.1) is 0 Å². The van der Waals surface area contributed by atoms with Crippen molar-refractivity contribution in [2.75, 3.05) is 33.4 Å². The van der Waals surface area contributed by atoms with Crippen molar-refractivity contribution >= 4 is 0 Å². The van der Waals surface area contributed by atoms with Gasteiger partial charge in [0.15, 0.2) is 0 Å². The van der Waals surface area contributed by atoms with E-state index in [9.17, 15) is 0 Å². The van der Waals surface area contributed by atoms with Crippen molar-refractivity contribution in [2.45, 2.75) is 64.7 Å². The predicted molar refractivity (Wildman–Crippen MR) is 79.0 cm³/mol. The number of hydrogen-bond donors (Lipinski definition) is 0. The number of hydrogen-bond acceptors (Lipinski definition) is 2. The van der Waals surface area contributed by atoms with Gasteiger partial charge in [-0.2, -0.15) is 0 Å². The Labute approximate surface area is 114 Å². The van der Waals surface area contributed by atoms with Crippen molar-refractivity contribution in [3.63, 3.8) is 0 Å². The highest BCUT2D eigenvalue weighted by Gasteiger charge is 2.18. The second-order valence-electron chi connectivity index (χ2n) is 5.83. The summed E-state index contributed by atoms with van der Waals surface area (Å²) in [6, 6.07) is 0. The third-order valence-electron chi connectivity index (χ3n) is 4.27.